The van der Waals surface area contributed by atoms with Gasteiger partial charge >= 0.3 is 0 Å². The summed E-state index contributed by atoms with van der Waals surface area (Å²) < 4.78 is 36.1. The molecule has 0 fully saturated rings. The van der Waals surface area contributed by atoms with Gasteiger partial charge in [-0.2, -0.15) is 0 Å². The molecule has 9 heteroatoms. The Balaban J connectivity index is 1.29. The average molecular weight is 533 g/mol. The Morgan fingerprint density at radius 3 is 2.30 bits per heavy atom. The first-order valence-electron chi connectivity index (χ1n) is 12.6. The van der Waals surface area contributed by atoms with E-state index in [1.54, 1.807) is 60.9 Å². The van der Waals surface area contributed by atoms with Crippen molar-refractivity contribution < 1.29 is 13.5 Å². The van der Waals surface area contributed by atoms with Crippen LogP contribution in [0.5, 0.6) is 11.6 Å². The highest BCUT2D eigenvalue weighted by Crippen LogP contribution is 2.35. The van der Waals surface area contributed by atoms with Gasteiger partial charge in [-0.3, -0.25) is 0 Å². The van der Waals surface area contributed by atoms with Gasteiger partial charge in [-0.1, -0.05) is 37.3 Å². The minimum Gasteiger partial charge on any atom is -0.438 e. The molecule has 196 valence electrons. The molecule has 0 spiro atoms. The number of hydrogen-bond acceptors (Lipinski definition) is 7. The monoisotopic (exact) mass is 532 g/mol. The molecule has 0 aliphatic carbocycles. The molecule has 0 aliphatic heterocycles. The van der Waals surface area contributed by atoms with Crippen LogP contribution < -0.4 is 10.1 Å². The third-order valence-electron chi connectivity index (χ3n) is 6.27. The van der Waals surface area contributed by atoms with Crippen molar-refractivity contribution in [3.63, 3.8) is 0 Å². The highest BCUT2D eigenvalue weighted by Gasteiger charge is 2.19. The van der Waals surface area contributed by atoms with Crippen molar-refractivity contribution >= 4 is 22.3 Å². The molecular formula is C31H22F2N6O. The summed E-state index contributed by atoms with van der Waals surface area (Å²) in [5.74, 6) is 0.564. The Labute approximate surface area is 228 Å². The zero-order valence-electron chi connectivity index (χ0n) is 21.3. The van der Waals surface area contributed by atoms with Crippen molar-refractivity contribution in [1.82, 2.24) is 25.1 Å². The molecule has 0 saturated heterocycles. The van der Waals surface area contributed by atoms with Crippen LogP contribution in [-0.4, -0.2) is 25.1 Å². The van der Waals surface area contributed by atoms with E-state index in [-0.39, 0.29) is 22.3 Å². The number of rotatable bonds is 7. The van der Waals surface area contributed by atoms with E-state index >= 15 is 4.39 Å². The zero-order valence-corrected chi connectivity index (χ0v) is 21.3. The van der Waals surface area contributed by atoms with Crippen LogP contribution in [-0.2, 0) is 6.42 Å². The summed E-state index contributed by atoms with van der Waals surface area (Å²) in [6, 6.07) is 23.7. The first-order chi connectivity index (χ1) is 19.6. The van der Waals surface area contributed by atoms with Crippen LogP contribution in [0.4, 0.5) is 20.3 Å². The Morgan fingerprint density at radius 1 is 0.750 bits per heavy atom. The fourth-order valence-electron chi connectivity index (χ4n) is 4.34. The molecule has 3 aromatic heterocycles. The summed E-state index contributed by atoms with van der Waals surface area (Å²) in [6.45, 7) is 1.99. The van der Waals surface area contributed by atoms with Gasteiger partial charge in [0, 0.05) is 30.1 Å². The van der Waals surface area contributed by atoms with Crippen molar-refractivity contribution in [3.05, 3.63) is 115 Å². The molecule has 0 unspecified atom stereocenters. The molecular weight excluding hydrogens is 510 g/mol. The second-order valence-corrected chi connectivity index (χ2v) is 8.86. The maximum atomic E-state index is 15.0. The molecule has 7 nitrogen and oxygen atoms in total. The van der Waals surface area contributed by atoms with Gasteiger partial charge in [-0.25, -0.2) is 23.7 Å². The number of pyridine rings is 1. The van der Waals surface area contributed by atoms with Gasteiger partial charge in [0.25, 0.3) is 0 Å². The Morgan fingerprint density at radius 2 is 1.52 bits per heavy atom. The smallest absolute Gasteiger partial charge is 0.228 e. The normalized spacial score (nSPS) is 11.0. The highest BCUT2D eigenvalue weighted by atomic mass is 19.1. The van der Waals surface area contributed by atoms with E-state index in [0.29, 0.717) is 35.0 Å². The largest absolute Gasteiger partial charge is 0.438 e. The molecule has 0 aliphatic rings. The second-order valence-electron chi connectivity index (χ2n) is 8.86. The first-order valence-corrected chi connectivity index (χ1v) is 12.6. The number of fused-ring (bicyclic) bond motifs is 1. The Hall–Kier alpha value is -5.31. The SMILES string of the molecule is CCc1nccc(-c2cccnc2Oc2ccc(Nc3nnc(-c4ccccc4)c4c(F)ccc(F)c34)cc2)n1. The van der Waals surface area contributed by atoms with E-state index in [2.05, 4.69) is 30.5 Å². The van der Waals surface area contributed by atoms with Gasteiger partial charge in [0.15, 0.2) is 5.82 Å². The summed E-state index contributed by atoms with van der Waals surface area (Å²) in [7, 11) is 0. The lowest BCUT2D eigenvalue weighted by Gasteiger charge is -2.13. The van der Waals surface area contributed by atoms with E-state index in [0.717, 1.165) is 23.5 Å². The van der Waals surface area contributed by atoms with Gasteiger partial charge < -0.3 is 10.1 Å². The summed E-state index contributed by atoms with van der Waals surface area (Å²) >= 11 is 0. The molecule has 3 aromatic carbocycles. The third kappa shape index (κ3) is 4.92. The maximum absolute atomic E-state index is 15.0. The lowest BCUT2D eigenvalue weighted by atomic mass is 10.0. The molecule has 0 bridgehead atoms. The van der Waals surface area contributed by atoms with Crippen LogP contribution in [0.3, 0.4) is 0 Å². The van der Waals surface area contributed by atoms with Gasteiger partial charge in [0.1, 0.15) is 28.9 Å². The second kappa shape index (κ2) is 10.8. The number of hydrogen-bond donors (Lipinski definition) is 1. The highest BCUT2D eigenvalue weighted by molar-refractivity contribution is 6.01. The van der Waals surface area contributed by atoms with Crippen molar-refractivity contribution in [1.29, 1.82) is 0 Å². The molecule has 6 aromatic rings. The van der Waals surface area contributed by atoms with Crippen LogP contribution in [0.15, 0.2) is 97.3 Å². The molecule has 3 heterocycles. The predicted molar refractivity (Wildman–Crippen MR) is 149 cm³/mol. The topological polar surface area (TPSA) is 85.7 Å². The lowest BCUT2D eigenvalue weighted by molar-refractivity contribution is 0.465. The van der Waals surface area contributed by atoms with Gasteiger partial charge in [-0.15, -0.1) is 10.2 Å². The minimum atomic E-state index is -0.607. The van der Waals surface area contributed by atoms with E-state index in [1.165, 1.54) is 0 Å². The quantitative estimate of drug-likeness (QED) is 0.227. The summed E-state index contributed by atoms with van der Waals surface area (Å²) in [6.07, 6.45) is 4.07. The molecule has 6 rings (SSSR count). The van der Waals surface area contributed by atoms with Gasteiger partial charge in [0.05, 0.1) is 22.0 Å². The molecule has 0 saturated carbocycles. The fraction of sp³-hybridized carbons (Fsp3) is 0.0645. The molecule has 40 heavy (non-hydrogen) atoms. The number of halogens is 2. The number of ether oxygens (including phenoxy) is 1. The van der Waals surface area contributed by atoms with Crippen LogP contribution in [0, 0.1) is 11.6 Å². The number of benzene rings is 3. The molecule has 0 atom stereocenters. The van der Waals surface area contributed by atoms with Crippen molar-refractivity contribution in [2.24, 2.45) is 0 Å². The zero-order chi connectivity index (χ0) is 27.5. The molecule has 0 radical (unpaired) electrons. The summed E-state index contributed by atoms with van der Waals surface area (Å²) in [4.78, 5) is 13.2. The standard InChI is InChI=1S/C31H22F2N6O/c1-2-26-34-18-16-25(37-26)22-9-6-17-35-31(22)40-21-12-10-20(11-13-21)36-30-28-24(33)15-14-23(32)27(28)29(38-39-30)19-7-4-3-5-8-19/h3-18H,2H2,1H3,(H,36,39). The van der Waals surface area contributed by atoms with Crippen molar-refractivity contribution in [2.75, 3.05) is 5.32 Å². The predicted octanol–water partition coefficient (Wildman–Crippen LogP) is 7.53. The minimum absolute atomic E-state index is 0.0172. The Kier molecular flexibility index (Phi) is 6.76. The van der Waals surface area contributed by atoms with Crippen LogP contribution >= 0.6 is 0 Å². The van der Waals surface area contributed by atoms with Gasteiger partial charge in [0.2, 0.25) is 5.88 Å². The van der Waals surface area contributed by atoms with E-state index in [9.17, 15) is 4.39 Å². The van der Waals surface area contributed by atoms with Crippen LogP contribution in [0.25, 0.3) is 33.3 Å². The number of aryl methyl sites for hydroxylation is 1. The summed E-state index contributed by atoms with van der Waals surface area (Å²) in [5, 5.41) is 11.6. The number of aromatic nitrogens is 5. The Bertz CT molecular complexity index is 1810. The number of nitrogens with one attached hydrogen (secondary N) is 1. The van der Waals surface area contributed by atoms with Gasteiger partial charge in [-0.05, 0) is 54.6 Å². The number of nitrogens with zero attached hydrogens (tertiary/aromatic N) is 5. The third-order valence-corrected chi connectivity index (χ3v) is 6.27. The molecule has 1 N–H and O–H groups in total. The summed E-state index contributed by atoms with van der Waals surface area (Å²) in [5.41, 5.74) is 2.94. The van der Waals surface area contributed by atoms with Crippen LogP contribution in [0.2, 0.25) is 0 Å². The van der Waals surface area contributed by atoms with E-state index in [1.807, 2.05) is 31.2 Å². The maximum Gasteiger partial charge on any atom is 0.228 e. The number of anilines is 2. The van der Waals surface area contributed by atoms with E-state index < -0.39 is 11.6 Å². The molecule has 0 amide bonds. The van der Waals surface area contributed by atoms with Crippen molar-refractivity contribution in [3.8, 4) is 34.1 Å². The van der Waals surface area contributed by atoms with Crippen LogP contribution in [0.1, 0.15) is 12.7 Å². The lowest BCUT2D eigenvalue weighted by Crippen LogP contribution is -2.02. The average Bonchev–Trinajstić information content (AvgIpc) is 3.00. The van der Waals surface area contributed by atoms with E-state index in [4.69, 9.17) is 4.74 Å². The first kappa shape index (κ1) is 25.0. The van der Waals surface area contributed by atoms with Crippen molar-refractivity contribution in [2.45, 2.75) is 13.3 Å². The fourth-order valence-corrected chi connectivity index (χ4v) is 4.34.